The molecule has 224 valence electrons. The monoisotopic (exact) mass is 619 g/mol. The molecular weight excluding hydrogens is 586 g/mol. The zero-order chi connectivity index (χ0) is 31.0. The van der Waals surface area contributed by atoms with Crippen LogP contribution >= 0.6 is 11.6 Å². The van der Waals surface area contributed by atoms with Gasteiger partial charge in [-0.15, -0.1) is 0 Å². The Morgan fingerprint density at radius 2 is 1.51 bits per heavy atom. The molecule has 10 heteroatoms. The Labute approximate surface area is 257 Å². The number of rotatable bonds is 12. The first-order valence-electron chi connectivity index (χ1n) is 13.7. The second-order valence-corrected chi connectivity index (χ2v) is 12.3. The van der Waals surface area contributed by atoms with Gasteiger partial charge in [0.25, 0.3) is 10.0 Å². The van der Waals surface area contributed by atoms with Crippen molar-refractivity contribution in [2.24, 2.45) is 0 Å². The third-order valence-electron chi connectivity index (χ3n) is 7.01. The highest BCUT2D eigenvalue weighted by Crippen LogP contribution is 2.35. The van der Waals surface area contributed by atoms with Gasteiger partial charge in [-0.2, -0.15) is 0 Å². The van der Waals surface area contributed by atoms with Crippen LogP contribution in [-0.4, -0.2) is 51.9 Å². The molecule has 4 rings (SSSR count). The van der Waals surface area contributed by atoms with Gasteiger partial charge in [-0.3, -0.25) is 13.9 Å². The first-order chi connectivity index (χ1) is 20.6. The maximum absolute atomic E-state index is 14.4. The summed E-state index contributed by atoms with van der Waals surface area (Å²) in [6, 6.07) is 28.4. The number of benzene rings is 4. The number of halogens is 1. The van der Waals surface area contributed by atoms with Crippen LogP contribution in [0.4, 0.5) is 5.69 Å². The average Bonchev–Trinajstić information content (AvgIpc) is 3.02. The molecule has 0 aliphatic carbocycles. The lowest BCUT2D eigenvalue weighted by atomic mass is 10.0. The number of nitrogens with one attached hydrogen (secondary N) is 1. The van der Waals surface area contributed by atoms with Crippen LogP contribution < -0.4 is 14.4 Å². The maximum Gasteiger partial charge on any atom is 0.264 e. The molecule has 4 aromatic carbocycles. The Morgan fingerprint density at radius 1 is 0.884 bits per heavy atom. The number of anilines is 1. The van der Waals surface area contributed by atoms with Gasteiger partial charge in [-0.1, -0.05) is 90.0 Å². The van der Waals surface area contributed by atoms with Crippen molar-refractivity contribution in [1.82, 2.24) is 10.2 Å². The predicted molar refractivity (Wildman–Crippen MR) is 169 cm³/mol. The molecule has 4 aromatic rings. The van der Waals surface area contributed by atoms with E-state index >= 15 is 0 Å². The summed E-state index contributed by atoms with van der Waals surface area (Å²) in [6.07, 6.45) is 0.226. The van der Waals surface area contributed by atoms with E-state index in [0.717, 1.165) is 21.0 Å². The minimum Gasteiger partial charge on any atom is -0.495 e. The molecular formula is C33H34ClN3O5S. The number of methoxy groups -OCH3 is 1. The van der Waals surface area contributed by atoms with Crippen molar-refractivity contribution in [2.45, 2.75) is 30.8 Å². The number of amides is 2. The van der Waals surface area contributed by atoms with Crippen LogP contribution in [0, 0.1) is 6.92 Å². The average molecular weight is 620 g/mol. The van der Waals surface area contributed by atoms with Gasteiger partial charge in [-0.25, -0.2) is 8.42 Å². The fourth-order valence-electron chi connectivity index (χ4n) is 4.70. The van der Waals surface area contributed by atoms with Gasteiger partial charge in [-0.05, 0) is 48.4 Å². The Bertz CT molecular complexity index is 1650. The molecule has 43 heavy (non-hydrogen) atoms. The molecule has 0 saturated carbocycles. The fourth-order valence-corrected chi connectivity index (χ4v) is 6.31. The molecule has 0 spiro atoms. The van der Waals surface area contributed by atoms with Crippen LogP contribution in [0.25, 0.3) is 0 Å². The van der Waals surface area contributed by atoms with Gasteiger partial charge in [0, 0.05) is 25.0 Å². The summed E-state index contributed by atoms with van der Waals surface area (Å²) in [5.41, 5.74) is 2.78. The highest BCUT2D eigenvalue weighted by Gasteiger charge is 2.35. The van der Waals surface area contributed by atoms with Crippen LogP contribution in [0.5, 0.6) is 5.75 Å². The van der Waals surface area contributed by atoms with E-state index in [1.54, 1.807) is 30.3 Å². The molecule has 0 bridgehead atoms. The molecule has 0 fully saturated rings. The summed E-state index contributed by atoms with van der Waals surface area (Å²) in [7, 11) is -1.35. The van der Waals surface area contributed by atoms with E-state index in [4.69, 9.17) is 16.3 Å². The number of hydrogen-bond acceptors (Lipinski definition) is 5. The Balaban J connectivity index is 1.82. The Morgan fingerprint density at radius 3 is 2.12 bits per heavy atom. The van der Waals surface area contributed by atoms with Crippen molar-refractivity contribution < 1.29 is 22.7 Å². The molecule has 0 aromatic heterocycles. The molecule has 0 saturated heterocycles. The highest BCUT2D eigenvalue weighted by molar-refractivity contribution is 7.92. The minimum absolute atomic E-state index is 0.0120. The lowest BCUT2D eigenvalue weighted by Crippen LogP contribution is -2.53. The zero-order valence-corrected chi connectivity index (χ0v) is 25.8. The van der Waals surface area contributed by atoms with E-state index in [1.165, 1.54) is 37.3 Å². The molecule has 0 radical (unpaired) electrons. The van der Waals surface area contributed by atoms with E-state index in [0.29, 0.717) is 0 Å². The van der Waals surface area contributed by atoms with E-state index in [1.807, 2.05) is 61.5 Å². The third-order valence-corrected chi connectivity index (χ3v) is 9.02. The number of nitrogens with zero attached hydrogens (tertiary/aromatic N) is 2. The summed E-state index contributed by atoms with van der Waals surface area (Å²) in [6.45, 7) is 1.43. The van der Waals surface area contributed by atoms with Gasteiger partial charge < -0.3 is 15.0 Å². The lowest BCUT2D eigenvalue weighted by molar-refractivity contribution is -0.139. The number of ether oxygens (including phenoxy) is 1. The van der Waals surface area contributed by atoms with Crippen LogP contribution in [-0.2, 0) is 32.6 Å². The topological polar surface area (TPSA) is 96.0 Å². The smallest absolute Gasteiger partial charge is 0.264 e. The van der Waals surface area contributed by atoms with E-state index < -0.39 is 28.5 Å². The minimum atomic E-state index is -4.27. The fraction of sp³-hybridized carbons (Fsp3) is 0.212. The predicted octanol–water partition coefficient (Wildman–Crippen LogP) is 5.24. The Kier molecular flexibility index (Phi) is 10.4. The van der Waals surface area contributed by atoms with Gasteiger partial charge in [0.15, 0.2) is 0 Å². The van der Waals surface area contributed by atoms with Crippen molar-refractivity contribution >= 4 is 39.1 Å². The molecule has 0 aliphatic rings. The molecule has 0 heterocycles. The zero-order valence-electron chi connectivity index (χ0n) is 24.2. The molecule has 1 unspecified atom stereocenters. The van der Waals surface area contributed by atoms with E-state index in [9.17, 15) is 18.0 Å². The van der Waals surface area contributed by atoms with Crippen molar-refractivity contribution in [3.05, 3.63) is 125 Å². The molecule has 2 amide bonds. The third kappa shape index (κ3) is 7.74. The SMILES string of the molecule is CNC(=O)C(Cc1ccccc1)N(Cc1ccc(C)cc1)C(=O)CN(c1cc(Cl)ccc1OC)S(=O)(=O)c1ccccc1. The van der Waals surface area contributed by atoms with Gasteiger partial charge in [0.05, 0.1) is 17.7 Å². The Hall–Kier alpha value is -4.34. The number of sulfonamides is 1. The largest absolute Gasteiger partial charge is 0.495 e. The van der Waals surface area contributed by atoms with E-state index in [2.05, 4.69) is 5.32 Å². The molecule has 1 atom stereocenters. The first kappa shape index (κ1) is 31.6. The summed E-state index contributed by atoms with van der Waals surface area (Å²) < 4.78 is 34.7. The van der Waals surface area contributed by atoms with Gasteiger partial charge in [0.2, 0.25) is 11.8 Å². The second-order valence-electron chi connectivity index (χ2n) is 9.97. The number of hydrogen-bond donors (Lipinski definition) is 1. The van der Waals surface area contributed by atoms with Crippen LogP contribution in [0.2, 0.25) is 5.02 Å². The number of likely N-dealkylation sites (N-methyl/N-ethyl adjacent to an activating group) is 1. The quantitative estimate of drug-likeness (QED) is 0.234. The molecule has 0 aliphatic heterocycles. The van der Waals surface area contributed by atoms with E-state index in [-0.39, 0.29) is 40.2 Å². The van der Waals surface area contributed by atoms with Gasteiger partial charge >= 0.3 is 0 Å². The second kappa shape index (κ2) is 14.2. The number of aryl methyl sites for hydroxylation is 1. The number of carbonyl (C=O) groups is 2. The standard InChI is InChI=1S/C33H34ClN3O5S/c1-24-14-16-26(17-15-24)22-36(30(33(39)35-2)20-25-10-6-4-7-11-25)32(38)23-37(29-21-27(34)18-19-31(29)42-3)43(40,41)28-12-8-5-9-13-28/h4-19,21,30H,20,22-23H2,1-3H3,(H,35,39). The lowest BCUT2D eigenvalue weighted by Gasteiger charge is -2.34. The van der Waals surface area contributed by atoms with Crippen LogP contribution in [0.15, 0.2) is 108 Å². The van der Waals surface area contributed by atoms with Crippen LogP contribution in [0.3, 0.4) is 0 Å². The van der Waals surface area contributed by atoms with Crippen molar-refractivity contribution in [1.29, 1.82) is 0 Å². The normalized spacial score (nSPS) is 11.8. The maximum atomic E-state index is 14.4. The van der Waals surface area contributed by atoms with Crippen LogP contribution in [0.1, 0.15) is 16.7 Å². The van der Waals surface area contributed by atoms with Crippen molar-refractivity contribution in [3.8, 4) is 5.75 Å². The highest BCUT2D eigenvalue weighted by atomic mass is 35.5. The van der Waals surface area contributed by atoms with Crippen molar-refractivity contribution in [2.75, 3.05) is 25.0 Å². The summed E-state index contributed by atoms with van der Waals surface area (Å²) >= 11 is 6.31. The van der Waals surface area contributed by atoms with Crippen molar-refractivity contribution in [3.63, 3.8) is 0 Å². The molecule has 8 nitrogen and oxygen atoms in total. The number of carbonyl (C=O) groups excluding carboxylic acids is 2. The van der Waals surface area contributed by atoms with Gasteiger partial charge in [0.1, 0.15) is 18.3 Å². The first-order valence-corrected chi connectivity index (χ1v) is 15.5. The summed E-state index contributed by atoms with van der Waals surface area (Å²) in [5.74, 6) is -0.734. The summed E-state index contributed by atoms with van der Waals surface area (Å²) in [5, 5.41) is 2.94. The summed E-state index contributed by atoms with van der Waals surface area (Å²) in [4.78, 5) is 29.1. The molecule has 1 N–H and O–H groups in total.